The molecule has 0 saturated carbocycles. The van der Waals surface area contributed by atoms with Gasteiger partial charge in [0.25, 0.3) is 5.91 Å². The van der Waals surface area contributed by atoms with E-state index in [1.165, 1.54) is 13.2 Å². The molecule has 0 atom stereocenters. The van der Waals surface area contributed by atoms with Gasteiger partial charge in [0, 0.05) is 23.7 Å². The van der Waals surface area contributed by atoms with Gasteiger partial charge in [-0.2, -0.15) is 0 Å². The van der Waals surface area contributed by atoms with Crippen molar-refractivity contribution >= 4 is 57.8 Å². The molecule has 148 valence electrons. The summed E-state index contributed by atoms with van der Waals surface area (Å²) in [6, 6.07) is 10.3. The molecular formula is C19H19Cl2N3O3S. The number of hydrogen-bond acceptors (Lipinski definition) is 5. The minimum Gasteiger partial charge on any atom is -0.495 e. The highest BCUT2D eigenvalue weighted by molar-refractivity contribution is 7.80. The Kier molecular flexibility index (Phi) is 6.96. The van der Waals surface area contributed by atoms with Gasteiger partial charge in [-0.1, -0.05) is 23.2 Å². The Morgan fingerprint density at radius 3 is 2.61 bits per heavy atom. The molecule has 0 aromatic heterocycles. The van der Waals surface area contributed by atoms with Crippen molar-refractivity contribution in [2.24, 2.45) is 0 Å². The molecule has 0 spiro atoms. The minimum atomic E-state index is -0.378. The predicted octanol–water partition coefficient (Wildman–Crippen LogP) is 3.97. The second kappa shape index (κ2) is 9.43. The number of halogens is 2. The molecule has 28 heavy (non-hydrogen) atoms. The van der Waals surface area contributed by atoms with Crippen molar-refractivity contribution in [1.82, 2.24) is 5.32 Å². The number of carbonyl (C=O) groups excluding carboxylic acids is 1. The molecule has 0 bridgehead atoms. The second-order valence-corrected chi connectivity index (χ2v) is 7.27. The highest BCUT2D eigenvalue weighted by atomic mass is 35.5. The number of hydrogen-bond donors (Lipinski definition) is 2. The topological polar surface area (TPSA) is 62.8 Å². The van der Waals surface area contributed by atoms with Crippen molar-refractivity contribution in [3.05, 3.63) is 52.0 Å². The summed E-state index contributed by atoms with van der Waals surface area (Å²) < 4.78 is 10.5. The van der Waals surface area contributed by atoms with E-state index in [0.717, 1.165) is 18.8 Å². The van der Waals surface area contributed by atoms with Crippen molar-refractivity contribution < 1.29 is 14.3 Å². The number of benzene rings is 2. The van der Waals surface area contributed by atoms with Gasteiger partial charge < -0.3 is 19.7 Å². The number of nitrogens with zero attached hydrogens (tertiary/aromatic N) is 1. The summed E-state index contributed by atoms with van der Waals surface area (Å²) >= 11 is 17.5. The summed E-state index contributed by atoms with van der Waals surface area (Å²) in [7, 11) is 1.51. The van der Waals surface area contributed by atoms with E-state index < -0.39 is 0 Å². The molecule has 1 fully saturated rings. The zero-order valence-electron chi connectivity index (χ0n) is 15.1. The zero-order chi connectivity index (χ0) is 20.1. The van der Waals surface area contributed by atoms with E-state index >= 15 is 0 Å². The average Bonchev–Trinajstić information content (AvgIpc) is 2.68. The number of carbonyl (C=O) groups is 1. The number of thiocarbonyl (C=S) groups is 1. The number of amides is 1. The largest absolute Gasteiger partial charge is 0.495 e. The summed E-state index contributed by atoms with van der Waals surface area (Å²) in [6.07, 6.45) is 0. The van der Waals surface area contributed by atoms with Crippen LogP contribution in [0.4, 0.5) is 11.4 Å². The first-order valence-corrected chi connectivity index (χ1v) is 9.72. The molecule has 2 aromatic rings. The van der Waals surface area contributed by atoms with Gasteiger partial charge in [0.15, 0.2) is 5.11 Å². The highest BCUT2D eigenvalue weighted by Gasteiger charge is 2.17. The maximum atomic E-state index is 12.5. The molecule has 0 aliphatic carbocycles. The lowest BCUT2D eigenvalue weighted by Crippen LogP contribution is -2.38. The third-order valence-corrected chi connectivity index (χ3v) is 4.93. The maximum Gasteiger partial charge on any atom is 0.257 e. The van der Waals surface area contributed by atoms with Gasteiger partial charge >= 0.3 is 0 Å². The number of nitrogens with one attached hydrogen (secondary N) is 2. The Labute approximate surface area is 178 Å². The molecule has 2 aromatic carbocycles. The Morgan fingerprint density at radius 1 is 1.18 bits per heavy atom. The van der Waals surface area contributed by atoms with Crippen LogP contribution < -0.4 is 20.3 Å². The SMILES string of the molecule is COc1ccc(C(=O)NC(=S)Nc2cc(Cl)ccc2N2CCOCC2)cc1Cl. The van der Waals surface area contributed by atoms with Crippen LogP contribution >= 0.6 is 35.4 Å². The molecule has 0 unspecified atom stereocenters. The quantitative estimate of drug-likeness (QED) is 0.702. The van der Waals surface area contributed by atoms with Crippen LogP contribution in [-0.4, -0.2) is 44.4 Å². The first-order chi connectivity index (χ1) is 13.5. The van der Waals surface area contributed by atoms with Crippen LogP contribution in [0.15, 0.2) is 36.4 Å². The summed E-state index contributed by atoms with van der Waals surface area (Å²) in [6.45, 7) is 2.84. The van der Waals surface area contributed by atoms with Gasteiger partial charge in [0.2, 0.25) is 0 Å². The predicted molar refractivity (Wildman–Crippen MR) is 116 cm³/mol. The molecule has 0 radical (unpaired) electrons. The first-order valence-electron chi connectivity index (χ1n) is 8.56. The number of morpholine rings is 1. The summed E-state index contributed by atoms with van der Waals surface area (Å²) in [4.78, 5) is 14.6. The Balaban J connectivity index is 1.71. The molecule has 1 aliphatic rings. The second-order valence-electron chi connectivity index (χ2n) is 6.02. The molecule has 1 aliphatic heterocycles. The van der Waals surface area contributed by atoms with E-state index in [1.807, 2.05) is 12.1 Å². The van der Waals surface area contributed by atoms with Gasteiger partial charge in [-0.15, -0.1) is 0 Å². The monoisotopic (exact) mass is 439 g/mol. The Morgan fingerprint density at radius 2 is 1.93 bits per heavy atom. The van der Waals surface area contributed by atoms with Crippen molar-refractivity contribution in [2.75, 3.05) is 43.6 Å². The number of ether oxygens (including phenoxy) is 2. The number of anilines is 2. The third-order valence-electron chi connectivity index (χ3n) is 4.20. The molecule has 2 N–H and O–H groups in total. The number of methoxy groups -OCH3 is 1. The van der Waals surface area contributed by atoms with Gasteiger partial charge in [-0.3, -0.25) is 10.1 Å². The van der Waals surface area contributed by atoms with Crippen LogP contribution in [0.3, 0.4) is 0 Å². The molecule has 3 rings (SSSR count). The standard InChI is InChI=1S/C19H19Cl2N3O3S/c1-26-17-5-2-12(10-14(17)21)18(25)23-19(28)22-15-11-13(20)3-4-16(15)24-6-8-27-9-7-24/h2-5,10-11H,6-9H2,1H3,(H2,22,23,25,28). The molecular weight excluding hydrogens is 421 g/mol. The lowest BCUT2D eigenvalue weighted by Gasteiger charge is -2.30. The van der Waals surface area contributed by atoms with E-state index in [4.69, 9.17) is 44.9 Å². The molecule has 6 nitrogen and oxygen atoms in total. The van der Waals surface area contributed by atoms with Crippen LogP contribution in [0.1, 0.15) is 10.4 Å². The van der Waals surface area contributed by atoms with Gasteiger partial charge in [0.1, 0.15) is 5.75 Å². The van der Waals surface area contributed by atoms with Crippen molar-refractivity contribution in [2.45, 2.75) is 0 Å². The Hall–Kier alpha value is -2.06. The zero-order valence-corrected chi connectivity index (χ0v) is 17.5. The van der Waals surface area contributed by atoms with Crippen molar-refractivity contribution in [3.8, 4) is 5.75 Å². The van der Waals surface area contributed by atoms with Crippen LogP contribution in [0, 0.1) is 0 Å². The first kappa shape index (κ1) is 20.7. The van der Waals surface area contributed by atoms with E-state index in [-0.39, 0.29) is 11.0 Å². The lowest BCUT2D eigenvalue weighted by molar-refractivity contribution is 0.0977. The van der Waals surface area contributed by atoms with Gasteiger partial charge in [-0.25, -0.2) is 0 Å². The summed E-state index contributed by atoms with van der Waals surface area (Å²) in [5.74, 6) is 0.116. The van der Waals surface area contributed by atoms with E-state index in [0.29, 0.717) is 40.3 Å². The molecule has 1 heterocycles. The molecule has 9 heteroatoms. The van der Waals surface area contributed by atoms with Crippen molar-refractivity contribution in [1.29, 1.82) is 0 Å². The summed E-state index contributed by atoms with van der Waals surface area (Å²) in [5.41, 5.74) is 2.03. The number of rotatable bonds is 4. The lowest BCUT2D eigenvalue weighted by atomic mass is 10.2. The Bertz CT molecular complexity index is 889. The highest BCUT2D eigenvalue weighted by Crippen LogP contribution is 2.30. The third kappa shape index (κ3) is 5.05. The normalized spacial score (nSPS) is 13.8. The fourth-order valence-corrected chi connectivity index (χ4v) is 3.46. The van der Waals surface area contributed by atoms with Crippen molar-refractivity contribution in [3.63, 3.8) is 0 Å². The fourth-order valence-electron chi connectivity index (χ4n) is 2.82. The average molecular weight is 440 g/mol. The fraction of sp³-hybridized carbons (Fsp3) is 0.263. The molecule has 1 saturated heterocycles. The van der Waals surface area contributed by atoms with E-state index in [9.17, 15) is 4.79 Å². The van der Waals surface area contributed by atoms with Crippen LogP contribution in [-0.2, 0) is 4.74 Å². The van der Waals surface area contributed by atoms with E-state index in [1.54, 1.807) is 18.2 Å². The van der Waals surface area contributed by atoms with Crippen LogP contribution in [0.5, 0.6) is 5.75 Å². The van der Waals surface area contributed by atoms with E-state index in [2.05, 4.69) is 15.5 Å². The minimum absolute atomic E-state index is 0.161. The van der Waals surface area contributed by atoms with Crippen LogP contribution in [0.25, 0.3) is 0 Å². The molecule has 1 amide bonds. The smallest absolute Gasteiger partial charge is 0.257 e. The maximum absolute atomic E-state index is 12.5. The van der Waals surface area contributed by atoms with Gasteiger partial charge in [0.05, 0.1) is 36.7 Å². The summed E-state index contributed by atoms with van der Waals surface area (Å²) in [5, 5.41) is 6.79. The van der Waals surface area contributed by atoms with Gasteiger partial charge in [-0.05, 0) is 48.6 Å². The van der Waals surface area contributed by atoms with Crippen LogP contribution in [0.2, 0.25) is 10.0 Å².